The zero-order valence-corrected chi connectivity index (χ0v) is 16.6. The van der Waals surface area contributed by atoms with Gasteiger partial charge in [0.1, 0.15) is 5.82 Å². The van der Waals surface area contributed by atoms with Gasteiger partial charge < -0.3 is 10.2 Å². The molecule has 29 heavy (non-hydrogen) atoms. The average Bonchev–Trinajstić information content (AvgIpc) is 3.28. The lowest BCUT2D eigenvalue weighted by Crippen LogP contribution is -2.26. The number of amides is 1. The van der Waals surface area contributed by atoms with E-state index in [0.29, 0.717) is 22.8 Å². The highest BCUT2D eigenvalue weighted by molar-refractivity contribution is 6.30. The van der Waals surface area contributed by atoms with E-state index in [1.807, 2.05) is 12.1 Å². The van der Waals surface area contributed by atoms with Crippen LogP contribution < -0.4 is 15.8 Å². The minimum atomic E-state index is -0.201. The smallest absolute Gasteiger partial charge is 0.271 e. The summed E-state index contributed by atoms with van der Waals surface area (Å²) in [5.74, 6) is 0.615. The molecule has 3 aromatic rings. The van der Waals surface area contributed by atoms with Gasteiger partial charge in [0.05, 0.1) is 5.69 Å². The van der Waals surface area contributed by atoms with E-state index in [1.54, 1.807) is 42.5 Å². The number of carbonyl (C=O) groups is 1. The van der Waals surface area contributed by atoms with Crippen LogP contribution in [0.2, 0.25) is 5.02 Å². The van der Waals surface area contributed by atoms with Crippen molar-refractivity contribution < 1.29 is 4.79 Å². The van der Waals surface area contributed by atoms with E-state index >= 15 is 0 Å². The van der Waals surface area contributed by atoms with Gasteiger partial charge >= 0.3 is 0 Å². The van der Waals surface area contributed by atoms with E-state index in [-0.39, 0.29) is 11.5 Å². The summed E-state index contributed by atoms with van der Waals surface area (Å²) in [5, 5.41) is 8.04. The van der Waals surface area contributed by atoms with Crippen molar-refractivity contribution >= 4 is 23.3 Å². The van der Waals surface area contributed by atoms with E-state index in [1.165, 1.54) is 10.7 Å². The molecule has 0 saturated carbocycles. The second kappa shape index (κ2) is 8.49. The lowest BCUT2D eigenvalue weighted by molar-refractivity contribution is 0.0951. The first-order valence-corrected chi connectivity index (χ1v) is 9.96. The molecule has 0 unspecified atom stereocenters. The van der Waals surface area contributed by atoms with Crippen LogP contribution >= 0.6 is 11.6 Å². The Morgan fingerprint density at radius 2 is 1.66 bits per heavy atom. The maximum Gasteiger partial charge on any atom is 0.271 e. The predicted octanol–water partition coefficient (Wildman–Crippen LogP) is 3.42. The number of aromatic nitrogens is 2. The molecule has 1 aliphatic rings. The number of anilines is 1. The van der Waals surface area contributed by atoms with Crippen LogP contribution in [-0.2, 0) is 6.54 Å². The fraction of sp³-hybridized carbons (Fsp3) is 0.227. The molecular weight excluding hydrogens is 388 g/mol. The van der Waals surface area contributed by atoms with Gasteiger partial charge in [-0.1, -0.05) is 23.7 Å². The lowest BCUT2D eigenvalue weighted by Gasteiger charge is -2.17. The summed E-state index contributed by atoms with van der Waals surface area (Å²) in [6, 6.07) is 17.5. The van der Waals surface area contributed by atoms with Gasteiger partial charge in [-0.15, -0.1) is 5.10 Å². The highest BCUT2D eigenvalue weighted by Crippen LogP contribution is 2.17. The number of rotatable bonds is 5. The van der Waals surface area contributed by atoms with Crippen molar-refractivity contribution in [2.45, 2.75) is 19.4 Å². The molecule has 1 fully saturated rings. The quantitative estimate of drug-likeness (QED) is 0.702. The monoisotopic (exact) mass is 408 g/mol. The molecule has 4 rings (SSSR count). The number of carbonyl (C=O) groups excluding carboxylic acids is 1. The van der Waals surface area contributed by atoms with Gasteiger partial charge in [0.2, 0.25) is 0 Å². The Labute approximate surface area is 173 Å². The third-order valence-electron chi connectivity index (χ3n) is 4.96. The molecule has 148 valence electrons. The summed E-state index contributed by atoms with van der Waals surface area (Å²) in [5.41, 5.74) is 1.92. The van der Waals surface area contributed by atoms with E-state index in [2.05, 4.69) is 15.3 Å². The summed E-state index contributed by atoms with van der Waals surface area (Å²) in [6.07, 6.45) is 2.28. The largest absolute Gasteiger partial charge is 0.355 e. The summed E-state index contributed by atoms with van der Waals surface area (Å²) < 4.78 is 1.38. The first-order chi connectivity index (χ1) is 14.1. The van der Waals surface area contributed by atoms with Crippen LogP contribution in [0.15, 0.2) is 65.5 Å². The standard InChI is InChI=1S/C22H21ClN4O2/c23-18-7-3-16(4-8-18)15-24-22(29)17-5-9-19(10-6-17)27-21(28)12-11-20(25-27)26-13-1-2-14-26/h3-12H,1-2,13-15H2,(H,24,29). The summed E-state index contributed by atoms with van der Waals surface area (Å²) >= 11 is 5.87. The zero-order valence-electron chi connectivity index (χ0n) is 15.8. The van der Waals surface area contributed by atoms with Crippen LogP contribution in [0.25, 0.3) is 5.69 Å². The lowest BCUT2D eigenvalue weighted by atomic mass is 10.1. The number of benzene rings is 2. The molecule has 0 atom stereocenters. The Morgan fingerprint density at radius 1 is 0.966 bits per heavy atom. The Kier molecular flexibility index (Phi) is 5.62. The van der Waals surface area contributed by atoms with Gasteiger partial charge in [0.15, 0.2) is 0 Å². The zero-order chi connectivity index (χ0) is 20.2. The molecule has 0 spiro atoms. The fourth-order valence-corrected chi connectivity index (χ4v) is 3.47. The number of nitrogens with zero attached hydrogens (tertiary/aromatic N) is 3. The van der Waals surface area contributed by atoms with Crippen LogP contribution in [-0.4, -0.2) is 28.8 Å². The maximum absolute atomic E-state index is 12.4. The van der Waals surface area contributed by atoms with E-state index in [4.69, 9.17) is 11.6 Å². The molecule has 1 amide bonds. The molecule has 1 N–H and O–H groups in total. The topological polar surface area (TPSA) is 67.2 Å². The number of hydrogen-bond donors (Lipinski definition) is 1. The maximum atomic E-state index is 12.4. The molecule has 1 aromatic heterocycles. The summed E-state index contributed by atoms with van der Waals surface area (Å²) in [4.78, 5) is 26.9. The van der Waals surface area contributed by atoms with Gasteiger partial charge in [-0.3, -0.25) is 9.59 Å². The molecular formula is C22H21ClN4O2. The second-order valence-corrected chi connectivity index (χ2v) is 7.43. The van der Waals surface area contributed by atoms with E-state index in [0.717, 1.165) is 37.3 Å². The SMILES string of the molecule is O=C(NCc1ccc(Cl)cc1)c1ccc(-n2nc(N3CCCC3)ccc2=O)cc1. The minimum Gasteiger partial charge on any atom is -0.355 e. The second-order valence-electron chi connectivity index (χ2n) is 6.99. The molecule has 0 aliphatic carbocycles. The Bertz CT molecular complexity index is 1060. The minimum absolute atomic E-state index is 0.183. The first-order valence-electron chi connectivity index (χ1n) is 9.58. The molecule has 1 aliphatic heterocycles. The van der Waals surface area contributed by atoms with Crippen LogP contribution in [0.4, 0.5) is 5.82 Å². The molecule has 2 aromatic carbocycles. The van der Waals surface area contributed by atoms with Gasteiger partial charge in [-0.2, -0.15) is 4.68 Å². The van der Waals surface area contributed by atoms with E-state index < -0.39 is 0 Å². The van der Waals surface area contributed by atoms with Crippen molar-refractivity contribution in [3.05, 3.63) is 87.2 Å². The fourth-order valence-electron chi connectivity index (χ4n) is 3.34. The van der Waals surface area contributed by atoms with Crippen LogP contribution in [0.3, 0.4) is 0 Å². The molecule has 6 nitrogen and oxygen atoms in total. The highest BCUT2D eigenvalue weighted by atomic mass is 35.5. The third-order valence-corrected chi connectivity index (χ3v) is 5.21. The van der Waals surface area contributed by atoms with Crippen molar-refractivity contribution in [1.82, 2.24) is 15.1 Å². The number of hydrogen-bond acceptors (Lipinski definition) is 4. The van der Waals surface area contributed by atoms with Gasteiger partial charge in [0, 0.05) is 36.3 Å². The number of nitrogens with one attached hydrogen (secondary N) is 1. The highest BCUT2D eigenvalue weighted by Gasteiger charge is 2.15. The van der Waals surface area contributed by atoms with Crippen molar-refractivity contribution in [2.24, 2.45) is 0 Å². The molecule has 1 saturated heterocycles. The Morgan fingerprint density at radius 3 is 2.34 bits per heavy atom. The van der Waals surface area contributed by atoms with Crippen molar-refractivity contribution in [1.29, 1.82) is 0 Å². The average molecular weight is 409 g/mol. The van der Waals surface area contributed by atoms with Crippen molar-refractivity contribution in [3.8, 4) is 5.69 Å². The van der Waals surface area contributed by atoms with Gasteiger partial charge in [0.25, 0.3) is 11.5 Å². The van der Waals surface area contributed by atoms with E-state index in [9.17, 15) is 9.59 Å². The normalized spacial score (nSPS) is 13.5. The molecule has 0 radical (unpaired) electrons. The van der Waals surface area contributed by atoms with Crippen LogP contribution in [0.5, 0.6) is 0 Å². The number of halogens is 1. The van der Waals surface area contributed by atoms with Crippen molar-refractivity contribution in [3.63, 3.8) is 0 Å². The van der Waals surface area contributed by atoms with Gasteiger partial charge in [-0.05, 0) is 60.9 Å². The predicted molar refractivity (Wildman–Crippen MR) is 114 cm³/mol. The summed E-state index contributed by atoms with van der Waals surface area (Å²) in [6.45, 7) is 2.33. The van der Waals surface area contributed by atoms with Crippen LogP contribution in [0.1, 0.15) is 28.8 Å². The Hall–Kier alpha value is -3.12. The molecule has 0 bridgehead atoms. The van der Waals surface area contributed by atoms with Crippen LogP contribution in [0, 0.1) is 0 Å². The third kappa shape index (κ3) is 4.49. The first kappa shape index (κ1) is 19.2. The summed E-state index contributed by atoms with van der Waals surface area (Å²) in [7, 11) is 0. The molecule has 7 heteroatoms. The van der Waals surface area contributed by atoms with Crippen molar-refractivity contribution in [2.75, 3.05) is 18.0 Å². The van der Waals surface area contributed by atoms with Gasteiger partial charge in [-0.25, -0.2) is 0 Å². The Balaban J connectivity index is 1.47. The molecule has 2 heterocycles.